The maximum atomic E-state index is 11.2. The van der Waals surface area contributed by atoms with Gasteiger partial charge >= 0.3 is 0 Å². The number of aromatic nitrogens is 7. The second kappa shape index (κ2) is 22.3. The van der Waals surface area contributed by atoms with E-state index in [0.717, 1.165) is 16.7 Å². The Bertz CT molecular complexity index is 6100. The zero-order valence-corrected chi connectivity index (χ0v) is 51.2. The first-order valence-electron chi connectivity index (χ1n) is 31.0. The molecular formula is C83H39N15. The third kappa shape index (κ3) is 8.17. The van der Waals surface area contributed by atoms with Gasteiger partial charge in [0.25, 0.3) is 0 Å². The Morgan fingerprint density at radius 1 is 0.224 bits per heavy atom. The van der Waals surface area contributed by atoms with E-state index in [1.807, 2.05) is 158 Å². The van der Waals surface area contributed by atoms with Gasteiger partial charge in [-0.05, 0) is 109 Å². The summed E-state index contributed by atoms with van der Waals surface area (Å²) in [6.45, 7) is 0. The Kier molecular flexibility index (Phi) is 12.9. The number of hydrogen-bond acceptors (Lipinski definition) is 11. The van der Waals surface area contributed by atoms with Crippen LogP contribution in [0, 0.1) is 90.6 Å². The number of nitrogens with zero attached hydrogens (tertiary/aromatic N) is 15. The van der Waals surface area contributed by atoms with Crippen molar-refractivity contribution < 1.29 is 0 Å². The fourth-order valence-corrected chi connectivity index (χ4v) is 14.5. The van der Waals surface area contributed by atoms with E-state index in [0.29, 0.717) is 127 Å². The van der Waals surface area contributed by atoms with E-state index >= 15 is 0 Å². The monoisotopic (exact) mass is 1250 g/mol. The lowest BCUT2D eigenvalue weighted by Gasteiger charge is -2.27. The highest BCUT2D eigenvalue weighted by atomic mass is 15.2. The van der Waals surface area contributed by atoms with Crippen molar-refractivity contribution in [2.45, 2.75) is 0 Å². The highest BCUT2D eigenvalue weighted by Gasteiger charge is 2.35. The molecule has 17 aromatic rings. The number of fused-ring (bicyclic) bond motifs is 12. The van der Waals surface area contributed by atoms with Gasteiger partial charge in [-0.2, -0.15) is 42.1 Å². The fourth-order valence-electron chi connectivity index (χ4n) is 14.5. The van der Waals surface area contributed by atoms with Gasteiger partial charge in [0.15, 0.2) is 17.5 Å². The summed E-state index contributed by atoms with van der Waals surface area (Å²) < 4.78 is 7.95. The van der Waals surface area contributed by atoms with E-state index in [4.69, 9.17) is 15.0 Å². The topological polar surface area (TPSA) is 249 Å². The molecule has 6 heterocycles. The highest BCUT2D eigenvalue weighted by molar-refractivity contribution is 6.20. The molecule has 15 nitrogen and oxygen atoms in total. The maximum absolute atomic E-state index is 11.2. The molecule has 0 saturated carbocycles. The molecule has 15 heteroatoms. The van der Waals surface area contributed by atoms with Crippen molar-refractivity contribution in [1.29, 1.82) is 42.1 Å². The van der Waals surface area contributed by atoms with Gasteiger partial charge in [-0.1, -0.05) is 133 Å². The largest absolute Gasteiger partial charge is 0.305 e. The third-order valence-electron chi connectivity index (χ3n) is 18.5. The standard InChI is InChI=1S/C83H39N15/c84-40-52-19-7-27-62-70(52)71-53(41-85)20-8-28-63(71)95(62)79-78(50-37-35-49(36-38-50)61-39-60(48-15-3-1-4-16-48)92-81(93-61)51-17-5-2-6-18-51)80(96-64-29-9-21-54(42-86)72(64)73-55(43-87)22-10-30-65(73)96)83(98-68-33-13-25-58(46-90)76(68)77-59(47-91)26-14-34-69(77)98)94-82(79)97-66-31-11-23-56(44-88)74(66)75-57(45-89)24-12-32-67(75)97/h1-39H. The molecule has 6 aromatic heterocycles. The number of nitriles is 8. The Morgan fingerprint density at radius 3 is 0.745 bits per heavy atom. The minimum Gasteiger partial charge on any atom is -0.305 e. The molecule has 17 rings (SSSR count). The van der Waals surface area contributed by atoms with Crippen LogP contribution in [0.15, 0.2) is 237 Å². The molecule has 0 bridgehead atoms. The van der Waals surface area contributed by atoms with Gasteiger partial charge in [0.1, 0.15) is 11.4 Å². The van der Waals surface area contributed by atoms with Gasteiger partial charge in [0, 0.05) is 65.3 Å². The summed E-state index contributed by atoms with van der Waals surface area (Å²) in [4.78, 5) is 16.6. The van der Waals surface area contributed by atoms with Crippen LogP contribution < -0.4 is 0 Å². The molecule has 11 aromatic carbocycles. The molecule has 0 spiro atoms. The number of pyridine rings is 1. The fraction of sp³-hybridized carbons (Fsp3) is 0. The summed E-state index contributed by atoms with van der Waals surface area (Å²) in [7, 11) is 0. The van der Waals surface area contributed by atoms with Crippen LogP contribution in [0.1, 0.15) is 44.5 Å². The van der Waals surface area contributed by atoms with Crippen molar-refractivity contribution in [3.05, 3.63) is 281 Å². The van der Waals surface area contributed by atoms with Crippen molar-refractivity contribution >= 4 is 87.2 Å². The first-order chi connectivity index (χ1) is 48.3. The smallest absolute Gasteiger partial charge is 0.165 e. The third-order valence-corrected chi connectivity index (χ3v) is 18.5. The van der Waals surface area contributed by atoms with Crippen molar-refractivity contribution in [3.63, 3.8) is 0 Å². The SMILES string of the molecule is N#Cc1cccc2c1c1c(C#N)cccc1n2-c1nc(-n2c3cccc(C#N)c3c3c(C#N)cccc32)c(-n2c3cccc(C#N)c3c3c(C#N)cccc32)c(-c2ccc(-c3cc(-c4ccccc4)nc(-c4ccccc4)n3)cc2)c1-n1c2cccc(C#N)c2c2c(C#N)cccc21. The van der Waals surface area contributed by atoms with Gasteiger partial charge < -0.3 is 9.13 Å². The van der Waals surface area contributed by atoms with Crippen LogP contribution in [0.3, 0.4) is 0 Å². The van der Waals surface area contributed by atoms with E-state index in [1.165, 1.54) is 0 Å². The highest BCUT2D eigenvalue weighted by Crippen LogP contribution is 2.51. The minimum absolute atomic E-state index is 0.228. The average Bonchev–Trinajstić information content (AvgIpc) is 1.50. The summed E-state index contributed by atoms with van der Waals surface area (Å²) in [5.41, 5.74) is 11.8. The van der Waals surface area contributed by atoms with E-state index in [-0.39, 0.29) is 56.1 Å². The summed E-state index contributed by atoms with van der Waals surface area (Å²) in [5, 5.41) is 93.4. The molecule has 0 amide bonds. The number of benzene rings is 11. The molecule has 98 heavy (non-hydrogen) atoms. The van der Waals surface area contributed by atoms with Crippen LogP contribution in [0.5, 0.6) is 0 Å². The first kappa shape index (κ1) is 56.7. The van der Waals surface area contributed by atoms with E-state index in [1.54, 1.807) is 97.1 Å². The van der Waals surface area contributed by atoms with Gasteiger partial charge in [0.05, 0.1) is 149 Å². The Hall–Kier alpha value is -15.2. The van der Waals surface area contributed by atoms with Crippen LogP contribution in [0.2, 0.25) is 0 Å². The number of rotatable bonds is 8. The van der Waals surface area contributed by atoms with Gasteiger partial charge in [-0.3, -0.25) is 9.13 Å². The molecule has 0 unspecified atom stereocenters. The molecule has 0 N–H and O–H groups in total. The van der Waals surface area contributed by atoms with E-state index < -0.39 is 0 Å². The van der Waals surface area contributed by atoms with Crippen LogP contribution in [-0.2, 0) is 0 Å². The molecule has 0 saturated heterocycles. The van der Waals surface area contributed by atoms with Crippen molar-refractivity contribution in [2.75, 3.05) is 0 Å². The molecule has 446 valence electrons. The van der Waals surface area contributed by atoms with E-state index in [9.17, 15) is 42.1 Å². The van der Waals surface area contributed by atoms with Crippen molar-refractivity contribution in [3.8, 4) is 117 Å². The summed E-state index contributed by atoms with van der Waals surface area (Å²) in [6.07, 6.45) is 0. The Morgan fingerprint density at radius 2 is 0.469 bits per heavy atom. The van der Waals surface area contributed by atoms with Crippen LogP contribution in [0.4, 0.5) is 0 Å². The molecule has 0 fully saturated rings. The lowest BCUT2D eigenvalue weighted by Crippen LogP contribution is -2.16. The second-order valence-corrected chi connectivity index (χ2v) is 23.4. The quantitative estimate of drug-likeness (QED) is 0.138. The predicted molar refractivity (Wildman–Crippen MR) is 377 cm³/mol. The lowest BCUT2D eigenvalue weighted by molar-refractivity contribution is 0.961. The van der Waals surface area contributed by atoms with Crippen LogP contribution in [0.25, 0.3) is 155 Å². The van der Waals surface area contributed by atoms with E-state index in [2.05, 4.69) is 48.6 Å². The summed E-state index contributed by atoms with van der Waals surface area (Å²) in [6, 6.07) is 92.3. The Balaban J connectivity index is 1.17. The lowest BCUT2D eigenvalue weighted by atomic mass is 9.98. The van der Waals surface area contributed by atoms with Gasteiger partial charge in [0.2, 0.25) is 0 Å². The molecular weight excluding hydrogens is 1210 g/mol. The Labute approximate surface area is 557 Å². The zero-order valence-electron chi connectivity index (χ0n) is 51.2. The summed E-state index contributed by atoms with van der Waals surface area (Å²) in [5.74, 6) is 0.965. The molecule has 0 aliphatic carbocycles. The number of hydrogen-bond donors (Lipinski definition) is 0. The minimum atomic E-state index is 0.228. The normalized spacial score (nSPS) is 11.2. The molecule has 0 aliphatic heterocycles. The maximum Gasteiger partial charge on any atom is 0.165 e. The zero-order chi connectivity index (χ0) is 66.4. The molecule has 0 radical (unpaired) electrons. The van der Waals surface area contributed by atoms with Gasteiger partial charge in [-0.15, -0.1) is 0 Å². The molecule has 0 atom stereocenters. The average molecular weight is 1250 g/mol. The van der Waals surface area contributed by atoms with Crippen LogP contribution >= 0.6 is 0 Å². The second-order valence-electron chi connectivity index (χ2n) is 23.4. The van der Waals surface area contributed by atoms with Crippen LogP contribution in [-0.4, -0.2) is 33.2 Å². The van der Waals surface area contributed by atoms with Crippen molar-refractivity contribution in [1.82, 2.24) is 33.2 Å². The first-order valence-corrected chi connectivity index (χ1v) is 31.0. The van der Waals surface area contributed by atoms with Gasteiger partial charge in [-0.25, -0.2) is 15.0 Å². The summed E-state index contributed by atoms with van der Waals surface area (Å²) >= 11 is 0. The molecule has 0 aliphatic rings. The van der Waals surface area contributed by atoms with Crippen molar-refractivity contribution in [2.24, 2.45) is 0 Å². The predicted octanol–water partition coefficient (Wildman–Crippen LogP) is 17.9.